The SMILES string of the molecule is COc1cc(Br)c(O)c(/C=N\NC(=O)c2cccs2)c1. The molecule has 1 heterocycles. The molecule has 2 rings (SSSR count). The van der Waals surface area contributed by atoms with Gasteiger partial charge in [-0.2, -0.15) is 5.10 Å². The highest BCUT2D eigenvalue weighted by Gasteiger charge is 2.08. The summed E-state index contributed by atoms with van der Waals surface area (Å²) in [5, 5.41) is 15.5. The lowest BCUT2D eigenvalue weighted by molar-refractivity contribution is 0.0959. The number of benzene rings is 1. The van der Waals surface area contributed by atoms with E-state index in [1.807, 2.05) is 5.38 Å². The molecule has 0 spiro atoms. The number of halogens is 1. The van der Waals surface area contributed by atoms with Gasteiger partial charge in [-0.15, -0.1) is 11.3 Å². The molecule has 2 aromatic rings. The zero-order valence-electron chi connectivity index (χ0n) is 10.5. The number of hydrogen-bond donors (Lipinski definition) is 2. The second-order valence-electron chi connectivity index (χ2n) is 3.72. The van der Waals surface area contributed by atoms with E-state index < -0.39 is 0 Å². The maximum atomic E-state index is 11.7. The van der Waals surface area contributed by atoms with Gasteiger partial charge in [0.2, 0.25) is 0 Å². The average Bonchev–Trinajstić information content (AvgIpc) is 2.97. The van der Waals surface area contributed by atoms with Crippen LogP contribution in [0, 0.1) is 0 Å². The summed E-state index contributed by atoms with van der Waals surface area (Å²) in [6.07, 6.45) is 1.36. The second-order valence-corrected chi connectivity index (χ2v) is 5.53. The van der Waals surface area contributed by atoms with Crippen LogP contribution in [0.25, 0.3) is 0 Å². The van der Waals surface area contributed by atoms with Crippen molar-refractivity contribution in [2.75, 3.05) is 7.11 Å². The van der Waals surface area contributed by atoms with Crippen LogP contribution in [0.2, 0.25) is 0 Å². The third-order valence-corrected chi connectivity index (χ3v) is 3.89. The zero-order chi connectivity index (χ0) is 14.5. The molecular weight excluding hydrogens is 344 g/mol. The number of ether oxygens (including phenoxy) is 1. The smallest absolute Gasteiger partial charge is 0.281 e. The van der Waals surface area contributed by atoms with Crippen LogP contribution in [0.4, 0.5) is 0 Å². The summed E-state index contributed by atoms with van der Waals surface area (Å²) in [6.45, 7) is 0. The number of thiophene rings is 1. The van der Waals surface area contributed by atoms with Gasteiger partial charge < -0.3 is 9.84 Å². The van der Waals surface area contributed by atoms with Gasteiger partial charge in [-0.3, -0.25) is 4.79 Å². The highest BCUT2D eigenvalue weighted by molar-refractivity contribution is 9.10. The van der Waals surface area contributed by atoms with E-state index in [9.17, 15) is 9.90 Å². The molecule has 0 saturated carbocycles. The third kappa shape index (κ3) is 3.37. The van der Waals surface area contributed by atoms with E-state index in [0.717, 1.165) is 0 Å². The van der Waals surface area contributed by atoms with Crippen LogP contribution in [0.3, 0.4) is 0 Å². The van der Waals surface area contributed by atoms with Crippen molar-refractivity contribution in [1.82, 2.24) is 5.43 Å². The zero-order valence-corrected chi connectivity index (χ0v) is 12.9. The van der Waals surface area contributed by atoms with Crippen molar-refractivity contribution in [1.29, 1.82) is 0 Å². The van der Waals surface area contributed by atoms with Gasteiger partial charge in [0, 0.05) is 5.56 Å². The first-order valence-electron chi connectivity index (χ1n) is 5.55. The molecule has 0 aliphatic heterocycles. The standard InChI is InChI=1S/C13H11BrN2O3S/c1-19-9-5-8(12(17)10(14)6-9)7-15-16-13(18)11-3-2-4-20-11/h2-7,17H,1H3,(H,16,18)/b15-7-. The van der Waals surface area contributed by atoms with Crippen LogP contribution in [0.1, 0.15) is 15.2 Å². The number of rotatable bonds is 4. The highest BCUT2D eigenvalue weighted by Crippen LogP contribution is 2.31. The first-order valence-corrected chi connectivity index (χ1v) is 7.22. The van der Waals surface area contributed by atoms with Crippen LogP contribution in [0.15, 0.2) is 39.2 Å². The summed E-state index contributed by atoms with van der Waals surface area (Å²) in [5.41, 5.74) is 2.82. The van der Waals surface area contributed by atoms with Gasteiger partial charge in [0.25, 0.3) is 5.91 Å². The predicted octanol–water partition coefficient (Wildman–Crippen LogP) is 2.99. The lowest BCUT2D eigenvalue weighted by atomic mass is 10.2. The Labute approximate surface area is 128 Å². The number of nitrogens with one attached hydrogen (secondary N) is 1. The van der Waals surface area contributed by atoms with E-state index in [1.54, 1.807) is 24.3 Å². The molecule has 104 valence electrons. The topological polar surface area (TPSA) is 70.9 Å². The quantitative estimate of drug-likeness (QED) is 0.654. The number of methoxy groups -OCH3 is 1. The number of carbonyl (C=O) groups excluding carboxylic acids is 1. The minimum atomic E-state index is -0.294. The lowest BCUT2D eigenvalue weighted by Crippen LogP contribution is -2.16. The summed E-state index contributed by atoms with van der Waals surface area (Å²) < 4.78 is 5.58. The van der Waals surface area contributed by atoms with Gasteiger partial charge in [0.05, 0.1) is 22.7 Å². The number of amides is 1. The van der Waals surface area contributed by atoms with E-state index in [4.69, 9.17) is 4.74 Å². The molecule has 0 atom stereocenters. The molecule has 2 N–H and O–H groups in total. The van der Waals surface area contributed by atoms with E-state index >= 15 is 0 Å². The molecule has 1 amide bonds. The molecule has 1 aromatic carbocycles. The summed E-state index contributed by atoms with van der Waals surface area (Å²) in [6, 6.07) is 6.74. The Hall–Kier alpha value is -1.86. The van der Waals surface area contributed by atoms with Gasteiger partial charge in [-0.05, 0) is 39.5 Å². The molecule has 0 unspecified atom stereocenters. The van der Waals surface area contributed by atoms with Crippen LogP contribution in [-0.4, -0.2) is 24.3 Å². The van der Waals surface area contributed by atoms with Gasteiger partial charge in [-0.25, -0.2) is 5.43 Å². The molecule has 20 heavy (non-hydrogen) atoms. The number of hydrogen-bond acceptors (Lipinski definition) is 5. The van der Waals surface area contributed by atoms with Crippen molar-refractivity contribution in [3.63, 3.8) is 0 Å². The summed E-state index contributed by atoms with van der Waals surface area (Å²) >= 11 is 4.54. The first-order chi connectivity index (χ1) is 9.61. The number of phenolic OH excluding ortho intramolecular Hbond substituents is 1. The monoisotopic (exact) mass is 354 g/mol. The summed E-state index contributed by atoms with van der Waals surface area (Å²) in [7, 11) is 1.53. The molecule has 0 radical (unpaired) electrons. The second kappa shape index (κ2) is 6.53. The van der Waals surface area contributed by atoms with Gasteiger partial charge >= 0.3 is 0 Å². The summed E-state index contributed by atoms with van der Waals surface area (Å²) in [5.74, 6) is 0.304. The lowest BCUT2D eigenvalue weighted by Gasteiger charge is -2.05. The molecule has 0 aliphatic rings. The fourth-order valence-electron chi connectivity index (χ4n) is 1.43. The molecule has 0 saturated heterocycles. The largest absolute Gasteiger partial charge is 0.506 e. The first kappa shape index (κ1) is 14.5. The van der Waals surface area contributed by atoms with Crippen LogP contribution >= 0.6 is 27.3 Å². The highest BCUT2D eigenvalue weighted by atomic mass is 79.9. The number of nitrogens with zero attached hydrogens (tertiary/aromatic N) is 1. The fourth-order valence-corrected chi connectivity index (χ4v) is 2.50. The van der Waals surface area contributed by atoms with E-state index in [0.29, 0.717) is 20.7 Å². The normalized spacial score (nSPS) is 10.7. The summed E-state index contributed by atoms with van der Waals surface area (Å²) in [4.78, 5) is 12.2. The van der Waals surface area contributed by atoms with Gasteiger partial charge in [-0.1, -0.05) is 6.07 Å². The molecule has 7 heteroatoms. The fraction of sp³-hybridized carbons (Fsp3) is 0.0769. The van der Waals surface area contributed by atoms with Crippen molar-refractivity contribution in [2.45, 2.75) is 0 Å². The van der Waals surface area contributed by atoms with E-state index in [-0.39, 0.29) is 11.7 Å². The van der Waals surface area contributed by atoms with E-state index in [2.05, 4.69) is 26.5 Å². The maximum Gasteiger partial charge on any atom is 0.281 e. The Balaban J connectivity index is 2.11. The molecule has 1 aromatic heterocycles. The molecule has 5 nitrogen and oxygen atoms in total. The van der Waals surface area contributed by atoms with E-state index in [1.165, 1.54) is 24.7 Å². The predicted molar refractivity (Wildman–Crippen MR) is 81.7 cm³/mol. The molecular formula is C13H11BrN2O3S. The van der Waals surface area contributed by atoms with Crippen molar-refractivity contribution in [3.8, 4) is 11.5 Å². The minimum Gasteiger partial charge on any atom is -0.506 e. The Kier molecular flexibility index (Phi) is 4.75. The minimum absolute atomic E-state index is 0.0277. The number of aromatic hydroxyl groups is 1. The van der Waals surface area contributed by atoms with Crippen molar-refractivity contribution in [3.05, 3.63) is 44.6 Å². The molecule has 0 aliphatic carbocycles. The van der Waals surface area contributed by atoms with Crippen LogP contribution < -0.4 is 10.2 Å². The Morgan fingerprint density at radius 3 is 3.00 bits per heavy atom. The average molecular weight is 355 g/mol. The Morgan fingerprint density at radius 2 is 2.35 bits per heavy atom. The molecule has 0 fully saturated rings. The van der Waals surface area contributed by atoms with Crippen molar-refractivity contribution in [2.24, 2.45) is 5.10 Å². The number of carbonyl (C=O) groups is 1. The number of phenols is 1. The Bertz CT molecular complexity index is 641. The maximum absolute atomic E-state index is 11.7. The molecule has 0 bridgehead atoms. The third-order valence-electron chi connectivity index (χ3n) is 2.42. The van der Waals surface area contributed by atoms with Gasteiger partial charge in [0.1, 0.15) is 11.5 Å². The van der Waals surface area contributed by atoms with Crippen molar-refractivity contribution >= 4 is 39.4 Å². The van der Waals surface area contributed by atoms with Crippen LogP contribution in [0.5, 0.6) is 11.5 Å². The van der Waals surface area contributed by atoms with Crippen LogP contribution in [-0.2, 0) is 0 Å². The Morgan fingerprint density at radius 1 is 1.55 bits per heavy atom. The van der Waals surface area contributed by atoms with Gasteiger partial charge in [0.15, 0.2) is 0 Å². The number of hydrazone groups is 1. The van der Waals surface area contributed by atoms with Crippen molar-refractivity contribution < 1.29 is 14.6 Å².